The second-order valence-electron chi connectivity index (χ2n) is 6.86. The number of aryl methyl sites for hydroxylation is 1. The highest BCUT2D eigenvalue weighted by Crippen LogP contribution is 2.21. The number of rotatable bonds is 4. The van der Waals surface area contributed by atoms with Gasteiger partial charge in [0, 0.05) is 31.2 Å². The zero-order valence-electron chi connectivity index (χ0n) is 14.3. The van der Waals surface area contributed by atoms with E-state index in [0.717, 1.165) is 55.4 Å². The largest absolute Gasteiger partial charge is 0.370 e. The molecule has 0 radical (unpaired) electrons. The Kier molecular flexibility index (Phi) is 4.83. The maximum Gasteiger partial charge on any atom is 0.166 e. The van der Waals surface area contributed by atoms with Crippen molar-refractivity contribution >= 4 is 23.1 Å². The van der Waals surface area contributed by atoms with Crippen molar-refractivity contribution in [2.24, 2.45) is 0 Å². The van der Waals surface area contributed by atoms with Crippen LogP contribution >= 0.6 is 12.2 Å². The van der Waals surface area contributed by atoms with Gasteiger partial charge >= 0.3 is 0 Å². The van der Waals surface area contributed by atoms with Crippen LogP contribution in [-0.4, -0.2) is 29.2 Å². The Labute approximate surface area is 154 Å². The van der Waals surface area contributed by atoms with Crippen molar-refractivity contribution in [1.29, 1.82) is 0 Å². The Balaban J connectivity index is 1.23. The molecule has 0 bridgehead atoms. The van der Waals surface area contributed by atoms with E-state index in [-0.39, 0.29) is 0 Å². The molecule has 0 unspecified atom stereocenters. The highest BCUT2D eigenvalue weighted by atomic mass is 32.1. The summed E-state index contributed by atoms with van der Waals surface area (Å²) in [4.78, 5) is 4.73. The van der Waals surface area contributed by atoms with Crippen molar-refractivity contribution in [3.63, 3.8) is 0 Å². The summed E-state index contributed by atoms with van der Waals surface area (Å²) in [5.74, 6) is 1.06. The van der Waals surface area contributed by atoms with E-state index in [1.165, 1.54) is 23.1 Å². The number of pyridine rings is 1. The van der Waals surface area contributed by atoms with Crippen LogP contribution in [0, 0.1) is 0 Å². The topological polar surface area (TPSA) is 49.0 Å². The molecule has 2 aliphatic rings. The van der Waals surface area contributed by atoms with Gasteiger partial charge in [0.2, 0.25) is 0 Å². The monoisotopic (exact) mass is 352 g/mol. The summed E-state index contributed by atoms with van der Waals surface area (Å²) < 4.78 is 0. The van der Waals surface area contributed by atoms with Crippen molar-refractivity contribution in [3.8, 4) is 0 Å². The number of hydrogen-bond acceptors (Lipinski definition) is 3. The quantitative estimate of drug-likeness (QED) is 0.739. The molecule has 0 fully saturated rings. The first-order valence-electron chi connectivity index (χ1n) is 9.12. The van der Waals surface area contributed by atoms with Crippen LogP contribution in [0.1, 0.15) is 28.8 Å². The van der Waals surface area contributed by atoms with E-state index >= 15 is 0 Å². The van der Waals surface area contributed by atoms with Gasteiger partial charge in [-0.15, -0.1) is 0 Å². The van der Waals surface area contributed by atoms with Gasteiger partial charge in [0.05, 0.1) is 0 Å². The first kappa shape index (κ1) is 16.3. The molecule has 1 aliphatic heterocycles. The first-order chi connectivity index (χ1) is 12.3. The van der Waals surface area contributed by atoms with Crippen molar-refractivity contribution < 1.29 is 0 Å². The maximum atomic E-state index is 5.46. The molecule has 5 heteroatoms. The molecule has 2 heterocycles. The lowest BCUT2D eigenvalue weighted by molar-refractivity contribution is 0.633. The molecule has 25 heavy (non-hydrogen) atoms. The smallest absolute Gasteiger partial charge is 0.166 e. The second kappa shape index (κ2) is 7.40. The van der Waals surface area contributed by atoms with Crippen LogP contribution < -0.4 is 16.0 Å². The Morgan fingerprint density at radius 3 is 2.72 bits per heavy atom. The van der Waals surface area contributed by atoms with Gasteiger partial charge in [-0.1, -0.05) is 30.3 Å². The number of thiocarbonyl (C=S) groups is 1. The fourth-order valence-corrected chi connectivity index (χ4v) is 3.98. The molecule has 4 rings (SSSR count). The third kappa shape index (κ3) is 3.93. The summed E-state index contributed by atoms with van der Waals surface area (Å²) >= 11 is 5.46. The predicted molar refractivity (Wildman–Crippen MR) is 106 cm³/mol. The maximum absolute atomic E-state index is 5.46. The summed E-state index contributed by atoms with van der Waals surface area (Å²) in [6.45, 7) is 1.83. The molecule has 1 aromatic heterocycles. The summed E-state index contributed by atoms with van der Waals surface area (Å²) in [7, 11) is 0. The van der Waals surface area contributed by atoms with Crippen molar-refractivity contribution in [2.45, 2.75) is 38.1 Å². The lowest BCUT2D eigenvalue weighted by Gasteiger charge is -2.18. The minimum absolute atomic E-state index is 0.406. The number of nitrogens with one attached hydrogen (secondary N) is 3. The highest BCUT2D eigenvalue weighted by molar-refractivity contribution is 7.80. The number of aromatic nitrogens is 1. The molecule has 130 valence electrons. The standard InChI is InChI=1S/C20H24N4S/c25-20(24-18-12-15-4-1-2-5-16(15)13-18)22-11-9-17-8-7-14-6-3-10-21-19(14)23-17/h1-2,4-5,7-8,18H,3,6,9-13H2,(H,21,23)(H2,22,24,25). The van der Waals surface area contributed by atoms with Gasteiger partial charge in [0.1, 0.15) is 5.82 Å². The Morgan fingerprint density at radius 2 is 1.92 bits per heavy atom. The van der Waals surface area contributed by atoms with Gasteiger partial charge in [0.25, 0.3) is 0 Å². The normalized spacial score (nSPS) is 15.8. The van der Waals surface area contributed by atoms with E-state index in [9.17, 15) is 0 Å². The van der Waals surface area contributed by atoms with E-state index < -0.39 is 0 Å². The minimum Gasteiger partial charge on any atom is -0.370 e. The van der Waals surface area contributed by atoms with Crippen molar-refractivity contribution in [3.05, 3.63) is 58.8 Å². The molecule has 0 spiro atoms. The number of anilines is 1. The molecule has 0 saturated heterocycles. The van der Waals surface area contributed by atoms with Gasteiger partial charge in [-0.25, -0.2) is 4.98 Å². The summed E-state index contributed by atoms with van der Waals surface area (Å²) in [5, 5.41) is 10.9. The number of nitrogens with zero attached hydrogens (tertiary/aromatic N) is 1. The predicted octanol–water partition coefficient (Wildman–Crippen LogP) is 2.61. The Bertz CT molecular complexity index is 749. The third-order valence-corrected chi connectivity index (χ3v) is 5.27. The van der Waals surface area contributed by atoms with Gasteiger partial charge in [-0.2, -0.15) is 0 Å². The molecule has 1 aliphatic carbocycles. The molecule has 3 N–H and O–H groups in total. The Morgan fingerprint density at radius 1 is 1.12 bits per heavy atom. The number of benzene rings is 1. The molecule has 1 aromatic carbocycles. The molecule has 2 aromatic rings. The van der Waals surface area contributed by atoms with E-state index in [1.54, 1.807) is 0 Å². The van der Waals surface area contributed by atoms with Crippen LogP contribution in [0.2, 0.25) is 0 Å². The zero-order chi connectivity index (χ0) is 17.1. The zero-order valence-corrected chi connectivity index (χ0v) is 15.2. The fourth-order valence-electron chi connectivity index (χ4n) is 3.71. The lowest BCUT2D eigenvalue weighted by Crippen LogP contribution is -2.43. The fraction of sp³-hybridized carbons (Fsp3) is 0.400. The Hall–Kier alpha value is -2.14. The average Bonchev–Trinajstić information content (AvgIpc) is 3.03. The van der Waals surface area contributed by atoms with Crippen molar-refractivity contribution in [1.82, 2.24) is 15.6 Å². The van der Waals surface area contributed by atoms with E-state index in [2.05, 4.69) is 52.3 Å². The van der Waals surface area contributed by atoms with E-state index in [4.69, 9.17) is 17.2 Å². The van der Waals surface area contributed by atoms with Crippen LogP contribution in [0.15, 0.2) is 36.4 Å². The first-order valence-corrected chi connectivity index (χ1v) is 9.52. The molecular formula is C20H24N4S. The van der Waals surface area contributed by atoms with Crippen LogP contribution in [0.4, 0.5) is 5.82 Å². The van der Waals surface area contributed by atoms with E-state index in [1.807, 2.05) is 0 Å². The molecule has 0 amide bonds. The second-order valence-corrected chi connectivity index (χ2v) is 7.27. The SMILES string of the molecule is S=C(NCCc1ccc2c(n1)NCCC2)NC1Cc2ccccc2C1. The van der Waals surface area contributed by atoms with Crippen LogP contribution in [-0.2, 0) is 25.7 Å². The summed E-state index contributed by atoms with van der Waals surface area (Å²) in [6.07, 6.45) is 5.31. The van der Waals surface area contributed by atoms with Gasteiger partial charge in [-0.05, 0) is 60.7 Å². The molecule has 0 atom stereocenters. The highest BCUT2D eigenvalue weighted by Gasteiger charge is 2.21. The number of hydrogen-bond donors (Lipinski definition) is 3. The summed E-state index contributed by atoms with van der Waals surface area (Å²) in [5.41, 5.74) is 5.32. The molecule has 0 saturated carbocycles. The third-order valence-electron chi connectivity index (χ3n) is 5.00. The molecular weight excluding hydrogens is 328 g/mol. The molecule has 4 nitrogen and oxygen atoms in total. The van der Waals surface area contributed by atoms with Crippen LogP contribution in [0.25, 0.3) is 0 Å². The van der Waals surface area contributed by atoms with Crippen LogP contribution in [0.5, 0.6) is 0 Å². The average molecular weight is 353 g/mol. The minimum atomic E-state index is 0.406. The lowest BCUT2D eigenvalue weighted by atomic mass is 10.1. The van der Waals surface area contributed by atoms with E-state index in [0.29, 0.717) is 6.04 Å². The van der Waals surface area contributed by atoms with Crippen LogP contribution in [0.3, 0.4) is 0 Å². The number of fused-ring (bicyclic) bond motifs is 2. The van der Waals surface area contributed by atoms with Crippen molar-refractivity contribution in [2.75, 3.05) is 18.4 Å². The van der Waals surface area contributed by atoms with Gasteiger partial charge in [-0.3, -0.25) is 0 Å². The van der Waals surface area contributed by atoms with Gasteiger partial charge in [0.15, 0.2) is 5.11 Å². The van der Waals surface area contributed by atoms with Gasteiger partial charge < -0.3 is 16.0 Å². The summed E-state index contributed by atoms with van der Waals surface area (Å²) in [6, 6.07) is 13.4.